The fourth-order valence-electron chi connectivity index (χ4n) is 2.15. The molecule has 0 saturated carbocycles. The zero-order chi connectivity index (χ0) is 15.7. The minimum atomic E-state index is 0.731. The topological polar surface area (TPSA) is 15.7 Å². The van der Waals surface area contributed by atoms with Crippen molar-refractivity contribution in [3.63, 3.8) is 0 Å². The summed E-state index contributed by atoms with van der Waals surface area (Å²) in [5, 5.41) is 0. The lowest BCUT2D eigenvalue weighted by Gasteiger charge is -2.18. The SMILES string of the molecule is C=C(OCCC)c1ccc(CN(C)CCCN(C)C)cc1. The molecule has 3 nitrogen and oxygen atoms in total. The van der Waals surface area contributed by atoms with Crippen molar-refractivity contribution in [3.05, 3.63) is 42.0 Å². The molecule has 0 aromatic heterocycles. The third-order valence-corrected chi connectivity index (χ3v) is 3.35. The van der Waals surface area contributed by atoms with Gasteiger partial charge in [0.1, 0.15) is 5.76 Å². The van der Waals surface area contributed by atoms with E-state index in [1.807, 2.05) is 0 Å². The van der Waals surface area contributed by atoms with E-state index in [1.54, 1.807) is 0 Å². The number of hydrogen-bond acceptors (Lipinski definition) is 3. The Balaban J connectivity index is 2.41. The number of nitrogens with zero attached hydrogens (tertiary/aromatic N) is 2. The normalized spacial score (nSPS) is 11.1. The second-order valence-electron chi connectivity index (χ2n) is 5.86. The maximum atomic E-state index is 5.56. The molecule has 0 aliphatic rings. The van der Waals surface area contributed by atoms with Crippen LogP contribution in [0, 0.1) is 0 Å². The standard InChI is InChI=1S/C18H30N2O/c1-6-14-21-16(2)18-10-8-17(9-11-18)15-20(5)13-7-12-19(3)4/h8-11H,2,6-7,12-15H2,1,3-5H3. The lowest BCUT2D eigenvalue weighted by Crippen LogP contribution is -2.23. The summed E-state index contributed by atoms with van der Waals surface area (Å²) in [6, 6.07) is 8.53. The molecule has 0 amide bonds. The summed E-state index contributed by atoms with van der Waals surface area (Å²) in [6.07, 6.45) is 2.21. The summed E-state index contributed by atoms with van der Waals surface area (Å²) >= 11 is 0. The van der Waals surface area contributed by atoms with Gasteiger partial charge in [-0.1, -0.05) is 37.8 Å². The average molecular weight is 290 g/mol. The van der Waals surface area contributed by atoms with Crippen molar-refractivity contribution in [1.82, 2.24) is 9.80 Å². The second kappa shape index (κ2) is 9.59. The summed E-state index contributed by atoms with van der Waals surface area (Å²) in [7, 11) is 6.41. The molecule has 0 saturated heterocycles. The molecular weight excluding hydrogens is 260 g/mol. The summed E-state index contributed by atoms with van der Waals surface area (Å²) in [4.78, 5) is 4.59. The first-order valence-electron chi connectivity index (χ1n) is 7.77. The minimum absolute atomic E-state index is 0.731. The molecule has 0 aliphatic heterocycles. The molecule has 0 heterocycles. The predicted molar refractivity (Wildman–Crippen MR) is 91.2 cm³/mol. The molecule has 3 heteroatoms. The summed E-state index contributed by atoms with van der Waals surface area (Å²) in [5.74, 6) is 0.766. The molecular formula is C18H30N2O. The van der Waals surface area contributed by atoms with E-state index in [1.165, 1.54) is 12.0 Å². The molecule has 0 bridgehead atoms. The van der Waals surface area contributed by atoms with E-state index >= 15 is 0 Å². The molecule has 0 unspecified atom stereocenters. The van der Waals surface area contributed by atoms with Crippen LogP contribution in [0.1, 0.15) is 30.9 Å². The maximum Gasteiger partial charge on any atom is 0.119 e. The molecule has 0 fully saturated rings. The van der Waals surface area contributed by atoms with Crippen LogP contribution in [-0.2, 0) is 11.3 Å². The first-order chi connectivity index (χ1) is 10.0. The first-order valence-corrected chi connectivity index (χ1v) is 7.77. The molecule has 0 spiro atoms. The molecule has 21 heavy (non-hydrogen) atoms. The van der Waals surface area contributed by atoms with Gasteiger partial charge in [-0.2, -0.15) is 0 Å². The van der Waals surface area contributed by atoms with Crippen molar-refractivity contribution >= 4 is 5.76 Å². The predicted octanol–water partition coefficient (Wildman–Crippen LogP) is 3.47. The van der Waals surface area contributed by atoms with Crippen LogP contribution in [0.2, 0.25) is 0 Å². The highest BCUT2D eigenvalue weighted by Crippen LogP contribution is 2.15. The van der Waals surface area contributed by atoms with Gasteiger partial charge in [0, 0.05) is 12.1 Å². The van der Waals surface area contributed by atoms with Crippen LogP contribution in [-0.4, -0.2) is 50.6 Å². The summed E-state index contributed by atoms with van der Waals surface area (Å²) in [5.41, 5.74) is 2.40. The fraction of sp³-hybridized carbons (Fsp3) is 0.556. The number of rotatable bonds is 10. The molecule has 1 rings (SSSR count). The van der Waals surface area contributed by atoms with Gasteiger partial charge in [-0.15, -0.1) is 0 Å². The van der Waals surface area contributed by atoms with Gasteiger partial charge in [0.05, 0.1) is 6.61 Å². The van der Waals surface area contributed by atoms with E-state index in [4.69, 9.17) is 4.74 Å². The first kappa shape index (κ1) is 17.7. The van der Waals surface area contributed by atoms with E-state index in [0.29, 0.717) is 0 Å². The Morgan fingerprint density at radius 1 is 1.10 bits per heavy atom. The van der Waals surface area contributed by atoms with Crippen LogP contribution >= 0.6 is 0 Å². The Labute approximate surface area is 130 Å². The number of hydrogen-bond donors (Lipinski definition) is 0. The van der Waals surface area contributed by atoms with Gasteiger partial charge in [-0.3, -0.25) is 0 Å². The number of benzene rings is 1. The van der Waals surface area contributed by atoms with E-state index in [0.717, 1.165) is 44.0 Å². The Kier molecular flexibility index (Phi) is 8.09. The van der Waals surface area contributed by atoms with Crippen LogP contribution in [0.15, 0.2) is 30.8 Å². The van der Waals surface area contributed by atoms with Crippen LogP contribution in [0.25, 0.3) is 5.76 Å². The molecule has 0 aliphatic carbocycles. The fourth-order valence-corrected chi connectivity index (χ4v) is 2.15. The van der Waals surface area contributed by atoms with E-state index in [-0.39, 0.29) is 0 Å². The maximum absolute atomic E-state index is 5.56. The molecule has 0 radical (unpaired) electrons. The highest BCUT2D eigenvalue weighted by molar-refractivity contribution is 5.57. The van der Waals surface area contributed by atoms with Gasteiger partial charge in [-0.25, -0.2) is 0 Å². The summed E-state index contributed by atoms with van der Waals surface area (Å²) in [6.45, 7) is 10.0. The van der Waals surface area contributed by atoms with Gasteiger partial charge >= 0.3 is 0 Å². The Hall–Kier alpha value is -1.32. The van der Waals surface area contributed by atoms with Crippen molar-refractivity contribution in [3.8, 4) is 0 Å². The molecule has 0 atom stereocenters. The monoisotopic (exact) mass is 290 g/mol. The smallest absolute Gasteiger partial charge is 0.119 e. The van der Waals surface area contributed by atoms with Crippen LogP contribution < -0.4 is 0 Å². The highest BCUT2D eigenvalue weighted by Gasteiger charge is 2.03. The van der Waals surface area contributed by atoms with Crippen molar-refractivity contribution in [1.29, 1.82) is 0 Å². The lowest BCUT2D eigenvalue weighted by molar-refractivity contribution is 0.278. The van der Waals surface area contributed by atoms with Crippen molar-refractivity contribution in [2.75, 3.05) is 40.8 Å². The third-order valence-electron chi connectivity index (χ3n) is 3.35. The Bertz CT molecular complexity index is 412. The Morgan fingerprint density at radius 2 is 1.76 bits per heavy atom. The van der Waals surface area contributed by atoms with Crippen LogP contribution in [0.4, 0.5) is 0 Å². The minimum Gasteiger partial charge on any atom is -0.494 e. The average Bonchev–Trinajstić information content (AvgIpc) is 2.45. The van der Waals surface area contributed by atoms with Gasteiger partial charge in [0.25, 0.3) is 0 Å². The quantitative estimate of drug-likeness (QED) is 0.614. The van der Waals surface area contributed by atoms with Crippen molar-refractivity contribution in [2.45, 2.75) is 26.3 Å². The molecule has 0 N–H and O–H groups in total. The van der Waals surface area contributed by atoms with Gasteiger partial charge in [0.2, 0.25) is 0 Å². The largest absolute Gasteiger partial charge is 0.494 e. The highest BCUT2D eigenvalue weighted by atomic mass is 16.5. The van der Waals surface area contributed by atoms with E-state index < -0.39 is 0 Å². The van der Waals surface area contributed by atoms with E-state index in [2.05, 4.69) is 68.7 Å². The van der Waals surface area contributed by atoms with Crippen LogP contribution in [0.5, 0.6) is 0 Å². The molecule has 1 aromatic rings. The van der Waals surface area contributed by atoms with Gasteiger partial charge < -0.3 is 14.5 Å². The number of ether oxygens (including phenoxy) is 1. The zero-order valence-electron chi connectivity index (χ0n) is 14.1. The van der Waals surface area contributed by atoms with E-state index in [9.17, 15) is 0 Å². The van der Waals surface area contributed by atoms with Gasteiger partial charge in [-0.05, 0) is 52.6 Å². The summed E-state index contributed by atoms with van der Waals surface area (Å²) < 4.78 is 5.56. The molecule has 118 valence electrons. The molecule has 1 aromatic carbocycles. The Morgan fingerprint density at radius 3 is 2.33 bits per heavy atom. The third kappa shape index (κ3) is 7.30. The van der Waals surface area contributed by atoms with Crippen molar-refractivity contribution in [2.24, 2.45) is 0 Å². The lowest BCUT2D eigenvalue weighted by atomic mass is 10.1. The van der Waals surface area contributed by atoms with Crippen molar-refractivity contribution < 1.29 is 4.74 Å². The second-order valence-corrected chi connectivity index (χ2v) is 5.86. The van der Waals surface area contributed by atoms with Crippen LogP contribution in [0.3, 0.4) is 0 Å². The zero-order valence-corrected chi connectivity index (χ0v) is 14.1. The van der Waals surface area contributed by atoms with Gasteiger partial charge in [0.15, 0.2) is 0 Å².